The summed E-state index contributed by atoms with van der Waals surface area (Å²) in [5.41, 5.74) is 0.818. The molecule has 0 fully saturated rings. The fourth-order valence-electron chi connectivity index (χ4n) is 2.11. The quantitative estimate of drug-likeness (QED) is 0.636. The molecule has 7 heteroatoms. The predicted octanol–water partition coefficient (Wildman–Crippen LogP) is 1.49. The van der Waals surface area contributed by atoms with Crippen LogP contribution in [0.4, 0.5) is 4.39 Å². The van der Waals surface area contributed by atoms with Crippen molar-refractivity contribution in [2.45, 2.75) is 39.2 Å². The van der Waals surface area contributed by atoms with Crippen LogP contribution in [0.25, 0.3) is 0 Å². The van der Waals surface area contributed by atoms with E-state index in [-0.39, 0.29) is 30.6 Å². The monoisotopic (exact) mass is 338 g/mol. The minimum absolute atomic E-state index is 0.122. The van der Waals surface area contributed by atoms with Crippen molar-refractivity contribution in [2.75, 3.05) is 6.54 Å². The van der Waals surface area contributed by atoms with Gasteiger partial charge in [0.1, 0.15) is 11.9 Å². The molecule has 0 unspecified atom stereocenters. The topological polar surface area (TPSA) is 95.5 Å². The van der Waals surface area contributed by atoms with Gasteiger partial charge in [-0.05, 0) is 36.5 Å². The number of carboxylic acid groups (broad SMARTS) is 1. The molecule has 0 aliphatic rings. The van der Waals surface area contributed by atoms with Crippen molar-refractivity contribution in [3.05, 3.63) is 35.6 Å². The van der Waals surface area contributed by atoms with Crippen LogP contribution < -0.4 is 10.6 Å². The first-order valence-corrected chi connectivity index (χ1v) is 7.81. The summed E-state index contributed by atoms with van der Waals surface area (Å²) in [4.78, 5) is 34.5. The molecule has 0 aliphatic carbocycles. The molecule has 0 radical (unpaired) electrons. The zero-order valence-corrected chi connectivity index (χ0v) is 13.8. The molecule has 0 spiro atoms. The Morgan fingerprint density at radius 1 is 1.12 bits per heavy atom. The van der Waals surface area contributed by atoms with Crippen LogP contribution in [0.1, 0.15) is 32.3 Å². The smallest absolute Gasteiger partial charge is 0.326 e. The van der Waals surface area contributed by atoms with Crippen molar-refractivity contribution >= 4 is 17.8 Å². The molecule has 0 aliphatic heterocycles. The van der Waals surface area contributed by atoms with Crippen LogP contribution in [-0.4, -0.2) is 35.5 Å². The highest BCUT2D eigenvalue weighted by Crippen LogP contribution is 2.06. The fraction of sp³-hybridized carbons (Fsp3) is 0.471. The number of nitrogens with one attached hydrogen (secondary N) is 2. The number of carbonyl (C=O) groups excluding carboxylic acids is 2. The minimum atomic E-state index is -1.10. The van der Waals surface area contributed by atoms with Gasteiger partial charge in [-0.2, -0.15) is 0 Å². The zero-order valence-electron chi connectivity index (χ0n) is 13.8. The van der Waals surface area contributed by atoms with Crippen molar-refractivity contribution in [1.29, 1.82) is 0 Å². The maximum absolute atomic E-state index is 12.8. The van der Waals surface area contributed by atoms with E-state index in [0.717, 1.165) is 5.56 Å². The number of amides is 2. The maximum Gasteiger partial charge on any atom is 0.326 e. The van der Waals surface area contributed by atoms with Crippen LogP contribution in [0.3, 0.4) is 0 Å². The van der Waals surface area contributed by atoms with Crippen LogP contribution >= 0.6 is 0 Å². The van der Waals surface area contributed by atoms with E-state index in [9.17, 15) is 18.8 Å². The first-order chi connectivity index (χ1) is 11.3. The third-order valence-corrected chi connectivity index (χ3v) is 3.34. The van der Waals surface area contributed by atoms with Gasteiger partial charge in [-0.1, -0.05) is 26.0 Å². The Balaban J connectivity index is 2.33. The molecule has 132 valence electrons. The highest BCUT2D eigenvalue weighted by molar-refractivity contribution is 5.87. The van der Waals surface area contributed by atoms with Crippen LogP contribution in [0.15, 0.2) is 24.3 Å². The standard InChI is InChI=1S/C17H23FN2O4/c1-11(2)9-14(17(23)24)20-16(22)10-19-15(21)8-5-12-3-6-13(18)7-4-12/h3-4,6-7,11,14H,5,8-10H2,1-2H3,(H,19,21)(H,20,22)(H,23,24)/t14-/m0/s1. The second-order valence-electron chi connectivity index (χ2n) is 5.99. The number of hydrogen-bond acceptors (Lipinski definition) is 3. The van der Waals surface area contributed by atoms with E-state index in [0.29, 0.717) is 12.8 Å². The van der Waals surface area contributed by atoms with Gasteiger partial charge in [0, 0.05) is 6.42 Å². The number of aliphatic carboxylic acids is 1. The Morgan fingerprint density at radius 3 is 2.29 bits per heavy atom. The Labute approximate surface area is 140 Å². The van der Waals surface area contributed by atoms with Crippen molar-refractivity contribution in [2.24, 2.45) is 5.92 Å². The van der Waals surface area contributed by atoms with Crippen molar-refractivity contribution in [3.63, 3.8) is 0 Å². The van der Waals surface area contributed by atoms with Gasteiger partial charge in [0.15, 0.2) is 0 Å². The van der Waals surface area contributed by atoms with Gasteiger partial charge in [-0.15, -0.1) is 0 Å². The molecular formula is C17H23FN2O4. The third kappa shape index (κ3) is 7.71. The molecule has 1 aromatic rings. The Kier molecular flexibility index (Phi) is 7.88. The number of aryl methyl sites for hydroxylation is 1. The Hall–Kier alpha value is -2.44. The fourth-order valence-corrected chi connectivity index (χ4v) is 2.11. The molecule has 1 rings (SSSR count). The summed E-state index contributed by atoms with van der Waals surface area (Å²) in [7, 11) is 0. The van der Waals surface area contributed by atoms with E-state index < -0.39 is 17.9 Å². The van der Waals surface area contributed by atoms with Crippen LogP contribution in [0, 0.1) is 11.7 Å². The van der Waals surface area contributed by atoms with E-state index in [4.69, 9.17) is 5.11 Å². The van der Waals surface area contributed by atoms with Crippen LogP contribution in [-0.2, 0) is 20.8 Å². The summed E-state index contributed by atoms with van der Waals surface area (Å²) >= 11 is 0. The van der Waals surface area contributed by atoms with Crippen molar-refractivity contribution in [1.82, 2.24) is 10.6 Å². The van der Waals surface area contributed by atoms with Gasteiger partial charge in [0.25, 0.3) is 0 Å². The summed E-state index contributed by atoms with van der Waals surface area (Å²) < 4.78 is 12.8. The maximum atomic E-state index is 12.8. The average Bonchev–Trinajstić information content (AvgIpc) is 2.51. The minimum Gasteiger partial charge on any atom is -0.480 e. The second kappa shape index (κ2) is 9.64. The van der Waals surface area contributed by atoms with Crippen molar-refractivity contribution < 1.29 is 23.9 Å². The van der Waals surface area contributed by atoms with Gasteiger partial charge in [0.2, 0.25) is 11.8 Å². The lowest BCUT2D eigenvalue weighted by molar-refractivity contribution is -0.142. The van der Waals surface area contributed by atoms with E-state index in [1.54, 1.807) is 12.1 Å². The molecule has 0 bridgehead atoms. The first-order valence-electron chi connectivity index (χ1n) is 7.81. The van der Waals surface area contributed by atoms with Crippen molar-refractivity contribution in [3.8, 4) is 0 Å². The van der Waals surface area contributed by atoms with Gasteiger partial charge in [-0.25, -0.2) is 9.18 Å². The van der Waals surface area contributed by atoms with E-state index in [1.807, 2.05) is 13.8 Å². The number of carbonyl (C=O) groups is 3. The number of carboxylic acids is 1. The highest BCUT2D eigenvalue weighted by Gasteiger charge is 2.21. The molecule has 1 aromatic carbocycles. The largest absolute Gasteiger partial charge is 0.480 e. The summed E-state index contributed by atoms with van der Waals surface area (Å²) in [6.07, 6.45) is 0.908. The normalized spacial score (nSPS) is 11.8. The zero-order chi connectivity index (χ0) is 18.1. The molecule has 6 nitrogen and oxygen atoms in total. The lowest BCUT2D eigenvalue weighted by Gasteiger charge is -2.16. The Bertz CT molecular complexity index is 572. The summed E-state index contributed by atoms with van der Waals surface area (Å²) in [6, 6.07) is 4.87. The Morgan fingerprint density at radius 2 is 1.75 bits per heavy atom. The molecule has 3 N–H and O–H groups in total. The molecule has 24 heavy (non-hydrogen) atoms. The molecule has 0 heterocycles. The van der Waals surface area contributed by atoms with Crippen LogP contribution in [0.5, 0.6) is 0 Å². The molecule has 1 atom stereocenters. The number of rotatable bonds is 9. The average molecular weight is 338 g/mol. The van der Waals surface area contributed by atoms with Gasteiger partial charge < -0.3 is 15.7 Å². The van der Waals surface area contributed by atoms with Crippen LogP contribution in [0.2, 0.25) is 0 Å². The second-order valence-corrected chi connectivity index (χ2v) is 5.99. The summed E-state index contributed by atoms with van der Waals surface area (Å²) in [5.74, 6) is -2.19. The lowest BCUT2D eigenvalue weighted by Crippen LogP contribution is -2.46. The molecule has 0 saturated heterocycles. The van der Waals surface area contributed by atoms with E-state index in [1.165, 1.54) is 12.1 Å². The molecule has 0 saturated carbocycles. The van der Waals surface area contributed by atoms with E-state index in [2.05, 4.69) is 10.6 Å². The number of halogens is 1. The predicted molar refractivity (Wildman–Crippen MR) is 86.8 cm³/mol. The van der Waals surface area contributed by atoms with Gasteiger partial charge in [0.05, 0.1) is 6.54 Å². The van der Waals surface area contributed by atoms with Gasteiger partial charge in [-0.3, -0.25) is 9.59 Å². The number of benzene rings is 1. The first kappa shape index (κ1) is 19.6. The van der Waals surface area contributed by atoms with E-state index >= 15 is 0 Å². The third-order valence-electron chi connectivity index (χ3n) is 3.34. The number of hydrogen-bond donors (Lipinski definition) is 3. The SMILES string of the molecule is CC(C)C[C@H](NC(=O)CNC(=O)CCc1ccc(F)cc1)C(=O)O. The lowest BCUT2D eigenvalue weighted by atomic mass is 10.0. The molecule has 2 amide bonds. The van der Waals surface area contributed by atoms with Gasteiger partial charge >= 0.3 is 5.97 Å². The summed E-state index contributed by atoms with van der Waals surface area (Å²) in [6.45, 7) is 3.45. The molecular weight excluding hydrogens is 315 g/mol. The molecule has 0 aromatic heterocycles. The summed E-state index contributed by atoms with van der Waals surface area (Å²) in [5, 5.41) is 13.9. The highest BCUT2D eigenvalue weighted by atomic mass is 19.1.